The molecule has 1 aromatic carbocycles. The first kappa shape index (κ1) is 22.6. The van der Waals surface area contributed by atoms with E-state index in [0.717, 1.165) is 32.1 Å². The molecule has 1 aromatic heterocycles. The molecule has 1 saturated carbocycles. The van der Waals surface area contributed by atoms with Crippen molar-refractivity contribution in [3.8, 4) is 0 Å². The fourth-order valence-corrected chi connectivity index (χ4v) is 6.71. The number of rotatable bonds is 6. The summed E-state index contributed by atoms with van der Waals surface area (Å²) < 4.78 is 33.1. The van der Waals surface area contributed by atoms with Crippen molar-refractivity contribution in [2.75, 3.05) is 18.8 Å². The van der Waals surface area contributed by atoms with Gasteiger partial charge in [-0.3, -0.25) is 4.79 Å². The van der Waals surface area contributed by atoms with Crippen molar-refractivity contribution in [3.63, 3.8) is 0 Å². The van der Waals surface area contributed by atoms with Crippen molar-refractivity contribution in [2.45, 2.75) is 68.5 Å². The second-order valence-electron chi connectivity index (χ2n) is 8.80. The minimum absolute atomic E-state index is 0.0217. The number of piperidine rings is 1. The van der Waals surface area contributed by atoms with Crippen molar-refractivity contribution in [3.05, 3.63) is 18.2 Å². The topological polar surface area (TPSA) is 92.5 Å². The summed E-state index contributed by atoms with van der Waals surface area (Å²) >= 11 is 1.24. The van der Waals surface area contributed by atoms with Crippen LogP contribution in [0.5, 0.6) is 0 Å². The van der Waals surface area contributed by atoms with E-state index in [1.165, 1.54) is 18.2 Å². The van der Waals surface area contributed by atoms with E-state index in [2.05, 4.69) is 24.1 Å². The van der Waals surface area contributed by atoms with E-state index in [1.807, 2.05) is 0 Å². The molecule has 1 saturated heterocycles. The van der Waals surface area contributed by atoms with Gasteiger partial charge in [0.05, 0.1) is 10.6 Å². The lowest BCUT2D eigenvalue weighted by molar-refractivity contribution is -0.120. The number of sulfonamides is 1. The van der Waals surface area contributed by atoms with Gasteiger partial charge in [0, 0.05) is 19.1 Å². The molecule has 1 amide bonds. The van der Waals surface area contributed by atoms with Crippen LogP contribution in [0.1, 0.15) is 52.4 Å². The maximum Gasteiger partial charge on any atom is 0.257 e. The van der Waals surface area contributed by atoms with E-state index < -0.39 is 10.0 Å². The Hall–Kier alpha value is -1.58. The molecular formula is C22H31N3O4S2. The van der Waals surface area contributed by atoms with Crippen LogP contribution in [0.15, 0.2) is 32.7 Å². The molecule has 4 rings (SSSR count). The van der Waals surface area contributed by atoms with Gasteiger partial charge in [-0.05, 0) is 49.3 Å². The van der Waals surface area contributed by atoms with Crippen molar-refractivity contribution in [1.29, 1.82) is 0 Å². The third-order valence-corrected chi connectivity index (χ3v) is 9.39. The molecule has 9 heteroatoms. The Morgan fingerprint density at radius 3 is 2.74 bits per heavy atom. The molecule has 7 nitrogen and oxygen atoms in total. The Labute approximate surface area is 188 Å². The highest BCUT2D eigenvalue weighted by molar-refractivity contribution is 7.99. The molecule has 2 heterocycles. The molecule has 0 spiro atoms. The second kappa shape index (κ2) is 9.50. The smallest absolute Gasteiger partial charge is 0.257 e. The Morgan fingerprint density at radius 1 is 1.19 bits per heavy atom. The van der Waals surface area contributed by atoms with Crippen LogP contribution in [0.25, 0.3) is 11.1 Å². The van der Waals surface area contributed by atoms with Gasteiger partial charge in [0.25, 0.3) is 5.22 Å². The second-order valence-corrected chi connectivity index (χ2v) is 11.7. The third-order valence-electron chi connectivity index (χ3n) is 6.67. The SMILES string of the molecule is C[C@@H]1[C@H](C)CCC[C@H]1NC(=O)CSc1nc2cc(S(=O)(=O)N3CCCCC3)ccc2o1. The molecule has 0 radical (unpaired) electrons. The molecule has 2 fully saturated rings. The van der Waals surface area contributed by atoms with Crippen LogP contribution in [0.2, 0.25) is 0 Å². The zero-order valence-corrected chi connectivity index (χ0v) is 19.8. The summed E-state index contributed by atoms with van der Waals surface area (Å²) in [6.07, 6.45) is 6.26. The lowest BCUT2D eigenvalue weighted by Gasteiger charge is -2.34. The lowest BCUT2D eigenvalue weighted by Crippen LogP contribution is -2.44. The number of thioether (sulfide) groups is 1. The number of aromatic nitrogens is 1. The predicted molar refractivity (Wildman–Crippen MR) is 121 cm³/mol. The molecule has 2 aromatic rings. The molecule has 0 bridgehead atoms. The highest BCUT2D eigenvalue weighted by Crippen LogP contribution is 2.30. The number of nitrogens with zero attached hydrogens (tertiary/aromatic N) is 2. The van der Waals surface area contributed by atoms with E-state index in [1.54, 1.807) is 22.5 Å². The first-order valence-electron chi connectivity index (χ1n) is 11.2. The van der Waals surface area contributed by atoms with Crippen molar-refractivity contribution >= 4 is 38.8 Å². The average Bonchev–Trinajstić information content (AvgIpc) is 3.18. The van der Waals surface area contributed by atoms with Gasteiger partial charge in [0.15, 0.2) is 5.58 Å². The summed E-state index contributed by atoms with van der Waals surface area (Å²) in [6.45, 7) is 5.58. The first-order chi connectivity index (χ1) is 14.8. The first-order valence-corrected chi connectivity index (χ1v) is 13.6. The Bertz CT molecular complexity index is 1030. The van der Waals surface area contributed by atoms with Gasteiger partial charge in [-0.2, -0.15) is 4.31 Å². The minimum atomic E-state index is -3.52. The summed E-state index contributed by atoms with van der Waals surface area (Å²) in [7, 11) is -3.52. The molecule has 1 N–H and O–H groups in total. The standard InChI is InChI=1S/C22H31N3O4S2/c1-15-7-6-8-18(16(15)2)23-21(26)14-30-22-24-19-13-17(9-10-20(19)29-22)31(27,28)25-11-4-3-5-12-25/h9-10,13,15-16,18H,3-8,11-12,14H2,1-2H3,(H,23,26)/t15-,16-,18-/m1/s1. The molecule has 2 aliphatic rings. The number of amides is 1. The van der Waals surface area contributed by atoms with Crippen LogP contribution >= 0.6 is 11.8 Å². The monoisotopic (exact) mass is 465 g/mol. The van der Waals surface area contributed by atoms with Crippen LogP contribution in [-0.4, -0.2) is 48.5 Å². The van der Waals surface area contributed by atoms with Crippen LogP contribution < -0.4 is 5.32 Å². The largest absolute Gasteiger partial charge is 0.431 e. The zero-order chi connectivity index (χ0) is 22.0. The van der Waals surface area contributed by atoms with Crippen molar-refractivity contribution < 1.29 is 17.6 Å². The molecule has 1 aliphatic heterocycles. The van der Waals surface area contributed by atoms with E-state index in [-0.39, 0.29) is 22.6 Å². The molecule has 0 unspecified atom stereocenters. The summed E-state index contributed by atoms with van der Waals surface area (Å²) in [5, 5.41) is 3.53. The minimum Gasteiger partial charge on any atom is -0.431 e. The number of hydrogen-bond donors (Lipinski definition) is 1. The fourth-order valence-electron chi connectivity index (χ4n) is 4.52. The normalized spacial score (nSPS) is 25.5. The van der Waals surface area contributed by atoms with Crippen LogP contribution in [0.3, 0.4) is 0 Å². The van der Waals surface area contributed by atoms with Gasteiger partial charge in [0.2, 0.25) is 15.9 Å². The van der Waals surface area contributed by atoms with Gasteiger partial charge >= 0.3 is 0 Å². The number of hydrogen-bond acceptors (Lipinski definition) is 6. The highest BCUT2D eigenvalue weighted by Gasteiger charge is 2.29. The number of nitrogens with one attached hydrogen (secondary N) is 1. The molecule has 31 heavy (non-hydrogen) atoms. The Balaban J connectivity index is 1.39. The van der Waals surface area contributed by atoms with E-state index >= 15 is 0 Å². The van der Waals surface area contributed by atoms with Crippen LogP contribution in [0, 0.1) is 11.8 Å². The predicted octanol–water partition coefficient (Wildman–Crippen LogP) is 4.04. The summed E-state index contributed by atoms with van der Waals surface area (Å²) in [5.74, 6) is 1.31. The number of carbonyl (C=O) groups excluding carboxylic acids is 1. The molecule has 170 valence electrons. The quantitative estimate of drug-likeness (QED) is 0.648. The van der Waals surface area contributed by atoms with Gasteiger partial charge in [-0.15, -0.1) is 0 Å². The van der Waals surface area contributed by atoms with E-state index in [0.29, 0.717) is 41.2 Å². The number of carbonyl (C=O) groups is 1. The van der Waals surface area contributed by atoms with Crippen LogP contribution in [0.4, 0.5) is 0 Å². The fraction of sp³-hybridized carbons (Fsp3) is 0.636. The van der Waals surface area contributed by atoms with Gasteiger partial charge in [-0.25, -0.2) is 13.4 Å². The lowest BCUT2D eigenvalue weighted by atomic mass is 9.78. The van der Waals surface area contributed by atoms with Crippen molar-refractivity contribution in [2.24, 2.45) is 11.8 Å². The Morgan fingerprint density at radius 2 is 1.97 bits per heavy atom. The summed E-state index contributed by atoms with van der Waals surface area (Å²) in [5.41, 5.74) is 1.02. The summed E-state index contributed by atoms with van der Waals surface area (Å²) in [6, 6.07) is 5.01. The van der Waals surface area contributed by atoms with Gasteiger partial charge < -0.3 is 9.73 Å². The third kappa shape index (κ3) is 5.09. The maximum absolute atomic E-state index is 12.9. The van der Waals surface area contributed by atoms with E-state index in [4.69, 9.17) is 4.42 Å². The van der Waals surface area contributed by atoms with Crippen molar-refractivity contribution in [1.82, 2.24) is 14.6 Å². The molecule has 3 atom stereocenters. The highest BCUT2D eigenvalue weighted by atomic mass is 32.2. The average molecular weight is 466 g/mol. The summed E-state index contributed by atoms with van der Waals surface area (Å²) in [4.78, 5) is 17.1. The molecule has 1 aliphatic carbocycles. The zero-order valence-electron chi connectivity index (χ0n) is 18.2. The maximum atomic E-state index is 12.9. The van der Waals surface area contributed by atoms with Gasteiger partial charge in [0.1, 0.15) is 5.52 Å². The molecular weight excluding hydrogens is 434 g/mol. The van der Waals surface area contributed by atoms with Crippen LogP contribution in [-0.2, 0) is 14.8 Å². The Kier molecular flexibility index (Phi) is 6.93. The van der Waals surface area contributed by atoms with Gasteiger partial charge in [-0.1, -0.05) is 44.9 Å². The van der Waals surface area contributed by atoms with E-state index in [9.17, 15) is 13.2 Å². The number of oxazole rings is 1. The number of fused-ring (bicyclic) bond motifs is 1. The number of benzene rings is 1.